The van der Waals surface area contributed by atoms with Gasteiger partial charge in [-0.05, 0) is 24.3 Å². The molecule has 0 N–H and O–H groups in total. The van der Waals surface area contributed by atoms with Crippen molar-refractivity contribution in [1.82, 2.24) is 9.80 Å². The lowest BCUT2D eigenvalue weighted by Gasteiger charge is -2.36. The fourth-order valence-corrected chi connectivity index (χ4v) is 3.88. The van der Waals surface area contributed by atoms with E-state index in [-0.39, 0.29) is 30.1 Å². The maximum Gasteiger partial charge on any atom is 0.253 e. The molecule has 6 heteroatoms. The van der Waals surface area contributed by atoms with Crippen molar-refractivity contribution >= 4 is 23.4 Å². The summed E-state index contributed by atoms with van der Waals surface area (Å²) in [6.45, 7) is 2.47. The third-order valence-electron chi connectivity index (χ3n) is 5.44. The van der Waals surface area contributed by atoms with Gasteiger partial charge in [0.05, 0.1) is 5.92 Å². The molecule has 1 atom stereocenters. The van der Waals surface area contributed by atoms with Crippen molar-refractivity contribution in [3.63, 3.8) is 0 Å². The Kier molecular flexibility index (Phi) is 5.10. The van der Waals surface area contributed by atoms with Crippen LogP contribution in [-0.4, -0.2) is 60.2 Å². The number of anilines is 1. The van der Waals surface area contributed by atoms with E-state index in [2.05, 4.69) is 0 Å². The molecule has 0 unspecified atom stereocenters. The Hall–Kier alpha value is -3.15. The van der Waals surface area contributed by atoms with E-state index in [0.29, 0.717) is 38.3 Å². The summed E-state index contributed by atoms with van der Waals surface area (Å²) in [4.78, 5) is 43.1. The normalized spacial score (nSPS) is 19.8. The van der Waals surface area contributed by atoms with Gasteiger partial charge in [-0.1, -0.05) is 36.4 Å². The van der Waals surface area contributed by atoms with Gasteiger partial charge in [0.15, 0.2) is 0 Å². The van der Waals surface area contributed by atoms with Crippen molar-refractivity contribution in [2.24, 2.45) is 5.92 Å². The van der Waals surface area contributed by atoms with Crippen molar-refractivity contribution in [1.29, 1.82) is 0 Å². The zero-order chi connectivity index (χ0) is 19.5. The van der Waals surface area contributed by atoms with Gasteiger partial charge in [0, 0.05) is 50.4 Å². The number of carbonyl (C=O) groups is 3. The van der Waals surface area contributed by atoms with Gasteiger partial charge in [0.1, 0.15) is 0 Å². The fraction of sp³-hybridized carbons (Fsp3) is 0.318. The summed E-state index contributed by atoms with van der Waals surface area (Å²) in [5.74, 6) is -0.316. The predicted octanol–water partition coefficient (Wildman–Crippen LogP) is 2.02. The molecule has 144 valence electrons. The Balaban J connectivity index is 1.34. The van der Waals surface area contributed by atoms with Gasteiger partial charge in [-0.3, -0.25) is 14.4 Å². The van der Waals surface area contributed by atoms with Crippen molar-refractivity contribution in [3.05, 3.63) is 66.2 Å². The van der Waals surface area contributed by atoms with Crippen LogP contribution >= 0.6 is 0 Å². The topological polar surface area (TPSA) is 60.9 Å². The second-order valence-electron chi connectivity index (χ2n) is 7.22. The van der Waals surface area contributed by atoms with Gasteiger partial charge in [-0.15, -0.1) is 0 Å². The second-order valence-corrected chi connectivity index (χ2v) is 7.22. The monoisotopic (exact) mass is 377 g/mol. The zero-order valence-corrected chi connectivity index (χ0v) is 15.7. The van der Waals surface area contributed by atoms with E-state index in [1.165, 1.54) is 0 Å². The molecule has 6 nitrogen and oxygen atoms in total. The molecule has 2 aliphatic rings. The molecule has 0 spiro atoms. The van der Waals surface area contributed by atoms with E-state index in [1.807, 2.05) is 60.7 Å². The number of amides is 3. The van der Waals surface area contributed by atoms with E-state index < -0.39 is 0 Å². The van der Waals surface area contributed by atoms with Gasteiger partial charge in [-0.2, -0.15) is 0 Å². The Morgan fingerprint density at radius 3 is 2.00 bits per heavy atom. The highest BCUT2D eigenvalue weighted by molar-refractivity contribution is 6.00. The number of para-hydroxylation sites is 1. The van der Waals surface area contributed by atoms with Crippen LogP contribution in [0.15, 0.2) is 60.7 Å². The molecule has 3 amide bonds. The van der Waals surface area contributed by atoms with Crippen LogP contribution in [0, 0.1) is 5.92 Å². The average Bonchev–Trinajstić information content (AvgIpc) is 3.15. The number of hydrogen-bond acceptors (Lipinski definition) is 3. The van der Waals surface area contributed by atoms with E-state index in [4.69, 9.17) is 0 Å². The average molecular weight is 377 g/mol. The highest BCUT2D eigenvalue weighted by Gasteiger charge is 2.38. The Bertz CT molecular complexity index is 861. The molecular formula is C22H23N3O3. The highest BCUT2D eigenvalue weighted by atomic mass is 16.2. The molecule has 2 heterocycles. The summed E-state index contributed by atoms with van der Waals surface area (Å²) in [6.07, 6.45) is 0.247. The van der Waals surface area contributed by atoms with E-state index in [9.17, 15) is 14.4 Å². The number of carbonyl (C=O) groups excluding carboxylic acids is 3. The Morgan fingerprint density at radius 2 is 1.36 bits per heavy atom. The first-order chi connectivity index (χ1) is 13.6. The molecular weight excluding hydrogens is 354 g/mol. The van der Waals surface area contributed by atoms with Gasteiger partial charge in [0.25, 0.3) is 5.91 Å². The Morgan fingerprint density at radius 1 is 0.786 bits per heavy atom. The summed E-state index contributed by atoms with van der Waals surface area (Å²) >= 11 is 0. The van der Waals surface area contributed by atoms with Crippen molar-refractivity contribution in [2.45, 2.75) is 6.42 Å². The molecule has 0 bridgehead atoms. The lowest BCUT2D eigenvalue weighted by Crippen LogP contribution is -2.52. The molecule has 2 aromatic rings. The molecule has 0 aliphatic carbocycles. The fourth-order valence-electron chi connectivity index (χ4n) is 3.88. The molecule has 0 aromatic heterocycles. The quantitative estimate of drug-likeness (QED) is 0.822. The van der Waals surface area contributed by atoms with Crippen LogP contribution in [0.3, 0.4) is 0 Å². The third kappa shape index (κ3) is 3.63. The molecule has 2 aromatic carbocycles. The van der Waals surface area contributed by atoms with Gasteiger partial charge in [-0.25, -0.2) is 0 Å². The minimum absolute atomic E-state index is 0.000930. The summed E-state index contributed by atoms with van der Waals surface area (Å²) in [6, 6.07) is 18.7. The first kappa shape index (κ1) is 18.2. The van der Waals surface area contributed by atoms with Crippen LogP contribution in [0.4, 0.5) is 5.69 Å². The number of hydrogen-bond donors (Lipinski definition) is 0. The third-order valence-corrected chi connectivity index (χ3v) is 5.44. The zero-order valence-electron chi connectivity index (χ0n) is 15.7. The lowest BCUT2D eigenvalue weighted by atomic mass is 10.1. The number of nitrogens with zero attached hydrogens (tertiary/aromatic N) is 3. The van der Waals surface area contributed by atoms with Crippen molar-refractivity contribution in [3.8, 4) is 0 Å². The lowest BCUT2D eigenvalue weighted by molar-refractivity contribution is -0.137. The number of rotatable bonds is 3. The summed E-state index contributed by atoms with van der Waals surface area (Å²) in [5.41, 5.74) is 1.50. The SMILES string of the molecule is O=C(c1ccccc1)N1CCN(C(=O)[C@H]2CC(=O)N(c3ccccc3)C2)CC1. The largest absolute Gasteiger partial charge is 0.339 e. The van der Waals surface area contributed by atoms with Gasteiger partial charge < -0.3 is 14.7 Å². The van der Waals surface area contributed by atoms with Crippen LogP contribution in [-0.2, 0) is 9.59 Å². The van der Waals surface area contributed by atoms with E-state index >= 15 is 0 Å². The first-order valence-electron chi connectivity index (χ1n) is 9.62. The van der Waals surface area contributed by atoms with Crippen LogP contribution in [0.25, 0.3) is 0 Å². The second kappa shape index (κ2) is 7.84. The minimum Gasteiger partial charge on any atom is -0.339 e. The number of piperazine rings is 1. The van der Waals surface area contributed by atoms with Gasteiger partial charge >= 0.3 is 0 Å². The highest BCUT2D eigenvalue weighted by Crippen LogP contribution is 2.26. The molecule has 0 saturated carbocycles. The molecule has 28 heavy (non-hydrogen) atoms. The first-order valence-corrected chi connectivity index (χ1v) is 9.62. The maximum absolute atomic E-state index is 12.9. The smallest absolute Gasteiger partial charge is 0.253 e. The van der Waals surface area contributed by atoms with Crippen molar-refractivity contribution in [2.75, 3.05) is 37.6 Å². The van der Waals surface area contributed by atoms with E-state index in [0.717, 1.165) is 5.69 Å². The van der Waals surface area contributed by atoms with Crippen LogP contribution in [0.5, 0.6) is 0 Å². The maximum atomic E-state index is 12.9. The van der Waals surface area contributed by atoms with Crippen LogP contribution < -0.4 is 4.90 Å². The summed E-state index contributed by atoms with van der Waals surface area (Å²) < 4.78 is 0. The summed E-state index contributed by atoms with van der Waals surface area (Å²) in [5, 5.41) is 0. The molecule has 0 radical (unpaired) electrons. The van der Waals surface area contributed by atoms with Gasteiger partial charge in [0.2, 0.25) is 11.8 Å². The minimum atomic E-state index is -0.316. The predicted molar refractivity (Wildman–Crippen MR) is 106 cm³/mol. The molecule has 2 fully saturated rings. The van der Waals surface area contributed by atoms with E-state index in [1.54, 1.807) is 14.7 Å². The molecule has 2 aliphatic heterocycles. The molecule has 4 rings (SSSR count). The Labute approximate surface area is 164 Å². The summed E-state index contributed by atoms with van der Waals surface area (Å²) in [7, 11) is 0. The van der Waals surface area contributed by atoms with Crippen LogP contribution in [0.2, 0.25) is 0 Å². The van der Waals surface area contributed by atoms with Crippen LogP contribution in [0.1, 0.15) is 16.8 Å². The molecule has 2 saturated heterocycles. The standard InChI is InChI=1S/C22H23N3O3/c26-20-15-18(16-25(20)19-9-5-2-6-10-19)22(28)24-13-11-23(12-14-24)21(27)17-7-3-1-4-8-17/h1-10,18H,11-16H2/t18-/m0/s1. The van der Waals surface area contributed by atoms with Crippen molar-refractivity contribution < 1.29 is 14.4 Å². The number of benzene rings is 2.